The molecule has 1 aliphatic heterocycles. The van der Waals surface area contributed by atoms with Crippen LogP contribution in [0.25, 0.3) is 0 Å². The van der Waals surface area contributed by atoms with E-state index >= 15 is 0 Å². The Kier molecular flexibility index (Phi) is 5.10. The molecule has 1 aliphatic rings. The minimum atomic E-state index is -0.472. The van der Waals surface area contributed by atoms with Crippen LogP contribution < -0.4 is 10.6 Å². The summed E-state index contributed by atoms with van der Waals surface area (Å²) in [5.41, 5.74) is 0.416. The average Bonchev–Trinajstić information content (AvgIpc) is 2.49. The lowest BCUT2D eigenvalue weighted by Crippen LogP contribution is -2.47. The van der Waals surface area contributed by atoms with Gasteiger partial charge in [0.1, 0.15) is 0 Å². The maximum atomic E-state index is 12.3. The van der Waals surface area contributed by atoms with Gasteiger partial charge in [-0.15, -0.1) is 0 Å². The van der Waals surface area contributed by atoms with Crippen molar-refractivity contribution in [3.8, 4) is 0 Å². The second kappa shape index (κ2) is 7.03. The highest BCUT2D eigenvalue weighted by atomic mass is 16.6. The number of non-ortho nitro benzene ring substituents is 1. The fourth-order valence-corrected chi connectivity index (χ4v) is 2.58. The van der Waals surface area contributed by atoms with Crippen LogP contribution in [0.3, 0.4) is 0 Å². The number of piperidine rings is 1. The number of anilines is 1. The van der Waals surface area contributed by atoms with Gasteiger partial charge in [0.2, 0.25) is 0 Å². The van der Waals surface area contributed by atoms with E-state index in [9.17, 15) is 14.9 Å². The van der Waals surface area contributed by atoms with Crippen molar-refractivity contribution >= 4 is 17.4 Å². The molecule has 0 bridgehead atoms. The Morgan fingerprint density at radius 2 is 2.19 bits per heavy atom. The van der Waals surface area contributed by atoms with Gasteiger partial charge in [0.05, 0.1) is 4.92 Å². The normalized spacial score (nSPS) is 15.5. The Morgan fingerprint density at radius 1 is 1.48 bits per heavy atom. The fourth-order valence-electron chi connectivity index (χ4n) is 2.58. The lowest BCUT2D eigenvalue weighted by molar-refractivity contribution is -0.384. The topological polar surface area (TPSA) is 87.5 Å². The highest BCUT2D eigenvalue weighted by molar-refractivity contribution is 5.89. The minimum absolute atomic E-state index is 0.0299. The maximum absolute atomic E-state index is 12.3. The summed E-state index contributed by atoms with van der Waals surface area (Å²) >= 11 is 0. The zero-order valence-corrected chi connectivity index (χ0v) is 12.0. The van der Waals surface area contributed by atoms with E-state index in [1.54, 1.807) is 17.0 Å². The number of carbonyl (C=O) groups is 1. The SMILES string of the molecule is CCN(C(=O)Nc1cccc([N+](=O)[O-])c1)C1CCNCC1. The van der Waals surface area contributed by atoms with Crippen molar-refractivity contribution in [2.24, 2.45) is 0 Å². The van der Waals surface area contributed by atoms with Gasteiger partial charge in [-0.1, -0.05) is 6.07 Å². The Balaban J connectivity index is 2.04. The average molecular weight is 292 g/mol. The number of hydrogen-bond donors (Lipinski definition) is 2. The molecule has 2 rings (SSSR count). The van der Waals surface area contributed by atoms with Crippen LogP contribution in [-0.2, 0) is 0 Å². The van der Waals surface area contributed by atoms with Gasteiger partial charge in [0.25, 0.3) is 5.69 Å². The number of rotatable bonds is 4. The van der Waals surface area contributed by atoms with Crippen LogP contribution >= 0.6 is 0 Å². The number of nitrogens with one attached hydrogen (secondary N) is 2. The standard InChI is InChI=1S/C14H20N4O3/c1-2-17(12-6-8-15-9-7-12)14(19)16-11-4-3-5-13(10-11)18(20)21/h3-5,10,12,15H,2,6-9H2,1H3,(H,16,19). The largest absolute Gasteiger partial charge is 0.322 e. The molecule has 21 heavy (non-hydrogen) atoms. The molecule has 0 aliphatic carbocycles. The van der Waals surface area contributed by atoms with Gasteiger partial charge in [0, 0.05) is 30.4 Å². The van der Waals surface area contributed by atoms with Gasteiger partial charge in [0.15, 0.2) is 0 Å². The molecule has 0 aromatic heterocycles. The second-order valence-corrected chi connectivity index (χ2v) is 5.00. The van der Waals surface area contributed by atoms with E-state index in [0.29, 0.717) is 12.2 Å². The van der Waals surface area contributed by atoms with Crippen molar-refractivity contribution in [2.45, 2.75) is 25.8 Å². The Morgan fingerprint density at radius 3 is 2.81 bits per heavy atom. The highest BCUT2D eigenvalue weighted by Crippen LogP contribution is 2.19. The summed E-state index contributed by atoms with van der Waals surface area (Å²) in [4.78, 5) is 24.4. The van der Waals surface area contributed by atoms with Crippen molar-refractivity contribution in [1.29, 1.82) is 0 Å². The first-order valence-electron chi connectivity index (χ1n) is 7.14. The summed E-state index contributed by atoms with van der Waals surface area (Å²) in [6, 6.07) is 6.00. The molecule has 1 heterocycles. The Hall–Kier alpha value is -2.15. The maximum Gasteiger partial charge on any atom is 0.322 e. The van der Waals surface area contributed by atoms with Crippen molar-refractivity contribution in [2.75, 3.05) is 25.0 Å². The summed E-state index contributed by atoms with van der Waals surface area (Å²) in [7, 11) is 0. The minimum Gasteiger partial charge on any atom is -0.322 e. The molecule has 2 amide bonds. The summed E-state index contributed by atoms with van der Waals surface area (Å²) < 4.78 is 0. The number of nitro benzene ring substituents is 1. The van der Waals surface area contributed by atoms with Crippen LogP contribution in [0, 0.1) is 10.1 Å². The second-order valence-electron chi connectivity index (χ2n) is 5.00. The molecule has 7 nitrogen and oxygen atoms in total. The summed E-state index contributed by atoms with van der Waals surface area (Å²) in [5.74, 6) is 0. The lowest BCUT2D eigenvalue weighted by atomic mass is 10.1. The molecule has 0 atom stereocenters. The number of nitrogens with zero attached hydrogens (tertiary/aromatic N) is 2. The molecular weight excluding hydrogens is 272 g/mol. The number of hydrogen-bond acceptors (Lipinski definition) is 4. The molecule has 1 saturated heterocycles. The zero-order valence-electron chi connectivity index (χ0n) is 12.0. The molecule has 1 fully saturated rings. The highest BCUT2D eigenvalue weighted by Gasteiger charge is 2.24. The van der Waals surface area contributed by atoms with E-state index in [0.717, 1.165) is 25.9 Å². The van der Waals surface area contributed by atoms with Crippen molar-refractivity contribution in [3.05, 3.63) is 34.4 Å². The molecule has 1 aromatic carbocycles. The molecular formula is C14H20N4O3. The van der Waals surface area contributed by atoms with Crippen LogP contribution in [0.5, 0.6) is 0 Å². The quantitative estimate of drug-likeness (QED) is 0.658. The van der Waals surface area contributed by atoms with Crippen LogP contribution in [0.15, 0.2) is 24.3 Å². The van der Waals surface area contributed by atoms with Crippen LogP contribution in [0.1, 0.15) is 19.8 Å². The van der Waals surface area contributed by atoms with E-state index in [2.05, 4.69) is 10.6 Å². The monoisotopic (exact) mass is 292 g/mol. The van der Waals surface area contributed by atoms with E-state index in [4.69, 9.17) is 0 Å². The molecule has 114 valence electrons. The number of nitro groups is 1. The number of urea groups is 1. The third kappa shape index (κ3) is 3.91. The molecule has 7 heteroatoms. The molecule has 2 N–H and O–H groups in total. The predicted molar refractivity (Wildman–Crippen MR) is 80.4 cm³/mol. The molecule has 0 unspecified atom stereocenters. The van der Waals surface area contributed by atoms with E-state index < -0.39 is 4.92 Å². The van der Waals surface area contributed by atoms with Gasteiger partial charge >= 0.3 is 6.03 Å². The number of carbonyl (C=O) groups excluding carboxylic acids is 1. The first-order chi connectivity index (χ1) is 10.1. The summed E-state index contributed by atoms with van der Waals surface area (Å²) in [6.07, 6.45) is 1.85. The first kappa shape index (κ1) is 15.2. The van der Waals surface area contributed by atoms with E-state index in [-0.39, 0.29) is 17.8 Å². The van der Waals surface area contributed by atoms with Gasteiger partial charge < -0.3 is 15.5 Å². The Labute approximate surface area is 123 Å². The van der Waals surface area contributed by atoms with Gasteiger partial charge in [-0.2, -0.15) is 0 Å². The predicted octanol–water partition coefficient (Wildman–Crippen LogP) is 2.20. The van der Waals surface area contributed by atoms with Gasteiger partial charge in [-0.05, 0) is 38.9 Å². The first-order valence-corrected chi connectivity index (χ1v) is 7.14. The molecule has 0 saturated carbocycles. The fraction of sp³-hybridized carbons (Fsp3) is 0.500. The zero-order chi connectivity index (χ0) is 15.2. The van der Waals surface area contributed by atoms with Crippen molar-refractivity contribution in [1.82, 2.24) is 10.2 Å². The van der Waals surface area contributed by atoms with Crippen molar-refractivity contribution < 1.29 is 9.72 Å². The summed E-state index contributed by atoms with van der Waals surface area (Å²) in [5, 5.41) is 16.8. The van der Waals surface area contributed by atoms with Crippen LogP contribution in [0.4, 0.5) is 16.2 Å². The smallest absolute Gasteiger partial charge is 0.322 e. The van der Waals surface area contributed by atoms with E-state index in [1.807, 2.05) is 6.92 Å². The van der Waals surface area contributed by atoms with Gasteiger partial charge in [-0.25, -0.2) is 4.79 Å². The molecule has 0 radical (unpaired) electrons. The van der Waals surface area contributed by atoms with E-state index in [1.165, 1.54) is 12.1 Å². The number of benzene rings is 1. The van der Waals surface area contributed by atoms with Crippen LogP contribution in [-0.4, -0.2) is 41.5 Å². The summed E-state index contributed by atoms with van der Waals surface area (Å²) in [6.45, 7) is 4.37. The molecule has 1 aromatic rings. The molecule has 0 spiro atoms. The third-order valence-corrected chi connectivity index (χ3v) is 3.66. The van der Waals surface area contributed by atoms with Crippen LogP contribution in [0.2, 0.25) is 0 Å². The van der Waals surface area contributed by atoms with Gasteiger partial charge in [-0.3, -0.25) is 10.1 Å². The lowest BCUT2D eigenvalue weighted by Gasteiger charge is -2.33. The Bertz CT molecular complexity index is 515. The number of amides is 2. The van der Waals surface area contributed by atoms with Crippen molar-refractivity contribution in [3.63, 3.8) is 0 Å². The third-order valence-electron chi connectivity index (χ3n) is 3.66.